The second-order valence-corrected chi connectivity index (χ2v) is 9.51. The van der Waals surface area contributed by atoms with Crippen LogP contribution < -0.4 is 10.7 Å². The number of rotatable bonds is 5. The van der Waals surface area contributed by atoms with Crippen molar-refractivity contribution in [3.8, 4) is 5.69 Å². The van der Waals surface area contributed by atoms with E-state index in [2.05, 4.69) is 10.4 Å². The summed E-state index contributed by atoms with van der Waals surface area (Å²) in [5, 5.41) is 6.60. The van der Waals surface area contributed by atoms with Crippen LogP contribution in [-0.2, 0) is 16.0 Å². The van der Waals surface area contributed by atoms with E-state index >= 15 is 0 Å². The molecule has 0 radical (unpaired) electrons. The lowest BCUT2D eigenvalue weighted by atomic mass is 10.1. The van der Waals surface area contributed by atoms with Gasteiger partial charge in [0, 0.05) is 18.0 Å². The van der Waals surface area contributed by atoms with Gasteiger partial charge < -0.3 is 5.32 Å². The smallest absolute Gasteiger partial charge is 0.344 e. The SMILES string of the molecule is Cc1cc(=O)c(C(=O)NC(C)c2ccc(S(C)(=O)=O)cc2)nn1-c1cccc(C(F)(F)F)c1. The minimum atomic E-state index is -4.56. The van der Waals surface area contributed by atoms with E-state index < -0.39 is 44.6 Å². The van der Waals surface area contributed by atoms with Gasteiger partial charge in [0.1, 0.15) is 0 Å². The summed E-state index contributed by atoms with van der Waals surface area (Å²) in [6.07, 6.45) is -3.49. The van der Waals surface area contributed by atoms with Gasteiger partial charge in [0.15, 0.2) is 15.5 Å². The number of nitrogens with zero attached hydrogens (tertiary/aromatic N) is 2. The molecule has 0 saturated heterocycles. The number of hydrogen-bond acceptors (Lipinski definition) is 5. The van der Waals surface area contributed by atoms with Crippen LogP contribution in [0.2, 0.25) is 0 Å². The van der Waals surface area contributed by atoms with Crippen molar-refractivity contribution in [1.29, 1.82) is 0 Å². The van der Waals surface area contributed by atoms with Crippen molar-refractivity contribution in [3.63, 3.8) is 0 Å². The second kappa shape index (κ2) is 8.81. The van der Waals surface area contributed by atoms with Crippen LogP contribution in [0.25, 0.3) is 5.69 Å². The molecule has 1 heterocycles. The van der Waals surface area contributed by atoms with Crippen LogP contribution in [-0.4, -0.2) is 30.4 Å². The third-order valence-electron chi connectivity index (χ3n) is 4.90. The Morgan fingerprint density at radius 1 is 1.09 bits per heavy atom. The molecule has 11 heteroatoms. The Balaban J connectivity index is 1.91. The average Bonchev–Trinajstić information content (AvgIpc) is 2.72. The van der Waals surface area contributed by atoms with E-state index in [9.17, 15) is 31.2 Å². The predicted octanol–water partition coefficient (Wildman–Crippen LogP) is 3.45. The fourth-order valence-electron chi connectivity index (χ4n) is 3.13. The molecule has 3 aromatic rings. The summed E-state index contributed by atoms with van der Waals surface area (Å²) in [4.78, 5) is 25.2. The monoisotopic (exact) mass is 479 g/mol. The largest absolute Gasteiger partial charge is 0.416 e. The van der Waals surface area contributed by atoms with E-state index in [0.29, 0.717) is 5.56 Å². The van der Waals surface area contributed by atoms with Gasteiger partial charge in [-0.2, -0.15) is 18.3 Å². The summed E-state index contributed by atoms with van der Waals surface area (Å²) in [5.41, 5.74) is -1.19. The van der Waals surface area contributed by atoms with Crippen LogP contribution >= 0.6 is 0 Å². The molecule has 1 atom stereocenters. The molecule has 3 rings (SSSR count). The van der Waals surface area contributed by atoms with Crippen molar-refractivity contribution in [2.45, 2.75) is 31.0 Å². The molecular weight excluding hydrogens is 459 g/mol. The first-order valence-electron chi connectivity index (χ1n) is 9.67. The summed E-state index contributed by atoms with van der Waals surface area (Å²) < 4.78 is 63.5. The van der Waals surface area contributed by atoms with E-state index in [-0.39, 0.29) is 16.3 Å². The quantitative estimate of drug-likeness (QED) is 0.605. The third-order valence-corrected chi connectivity index (χ3v) is 6.02. The number of aryl methyl sites for hydroxylation is 1. The zero-order valence-electron chi connectivity index (χ0n) is 17.8. The van der Waals surface area contributed by atoms with Gasteiger partial charge in [-0.25, -0.2) is 13.1 Å². The fourth-order valence-corrected chi connectivity index (χ4v) is 3.76. The second-order valence-electron chi connectivity index (χ2n) is 7.49. The number of hydrogen-bond donors (Lipinski definition) is 1. The molecule has 0 spiro atoms. The Morgan fingerprint density at radius 3 is 2.30 bits per heavy atom. The van der Waals surface area contributed by atoms with Crippen molar-refractivity contribution < 1.29 is 26.4 Å². The highest BCUT2D eigenvalue weighted by atomic mass is 32.2. The van der Waals surface area contributed by atoms with Crippen molar-refractivity contribution in [2.75, 3.05) is 6.26 Å². The molecule has 174 valence electrons. The molecule has 0 aliphatic carbocycles. The highest BCUT2D eigenvalue weighted by Gasteiger charge is 2.30. The molecule has 0 aliphatic rings. The highest BCUT2D eigenvalue weighted by molar-refractivity contribution is 7.90. The maximum atomic E-state index is 13.1. The molecule has 33 heavy (non-hydrogen) atoms. The first-order valence-corrected chi connectivity index (χ1v) is 11.6. The van der Waals surface area contributed by atoms with E-state index in [1.165, 1.54) is 43.3 Å². The van der Waals surface area contributed by atoms with Gasteiger partial charge in [-0.1, -0.05) is 18.2 Å². The molecule has 1 N–H and O–H groups in total. The number of amides is 1. The van der Waals surface area contributed by atoms with Crippen LogP contribution in [0.5, 0.6) is 0 Å². The van der Waals surface area contributed by atoms with E-state index in [4.69, 9.17) is 0 Å². The minimum Gasteiger partial charge on any atom is -0.344 e. The maximum Gasteiger partial charge on any atom is 0.416 e. The summed E-state index contributed by atoms with van der Waals surface area (Å²) >= 11 is 0. The molecule has 0 saturated carbocycles. The molecule has 0 bridgehead atoms. The van der Waals surface area contributed by atoms with Gasteiger partial charge in [-0.3, -0.25) is 9.59 Å². The molecule has 2 aromatic carbocycles. The number of carbonyl (C=O) groups excluding carboxylic acids is 1. The van der Waals surface area contributed by atoms with Crippen LogP contribution in [0.4, 0.5) is 13.2 Å². The van der Waals surface area contributed by atoms with Gasteiger partial charge in [0.05, 0.1) is 22.2 Å². The summed E-state index contributed by atoms with van der Waals surface area (Å²) in [6, 6.07) is 10.8. The molecule has 1 aromatic heterocycles. The van der Waals surface area contributed by atoms with Gasteiger partial charge in [0.2, 0.25) is 5.43 Å². The van der Waals surface area contributed by atoms with Gasteiger partial charge in [-0.15, -0.1) is 0 Å². The lowest BCUT2D eigenvalue weighted by molar-refractivity contribution is -0.137. The molecule has 1 amide bonds. The number of nitrogens with one attached hydrogen (secondary N) is 1. The summed E-state index contributed by atoms with van der Waals surface area (Å²) in [6.45, 7) is 3.12. The number of benzene rings is 2. The van der Waals surface area contributed by atoms with Crippen molar-refractivity contribution >= 4 is 15.7 Å². The Hall–Kier alpha value is -3.47. The fraction of sp³-hybridized carbons (Fsp3) is 0.227. The highest BCUT2D eigenvalue weighted by Crippen LogP contribution is 2.30. The lowest BCUT2D eigenvalue weighted by Crippen LogP contribution is -2.33. The first-order chi connectivity index (χ1) is 15.3. The topological polar surface area (TPSA) is 98.1 Å². The molecule has 0 aliphatic heterocycles. The third kappa shape index (κ3) is 5.48. The molecule has 7 nitrogen and oxygen atoms in total. The number of carbonyl (C=O) groups is 1. The van der Waals surface area contributed by atoms with E-state index in [1.54, 1.807) is 6.92 Å². The van der Waals surface area contributed by atoms with E-state index in [1.807, 2.05) is 0 Å². The van der Waals surface area contributed by atoms with Gasteiger partial charge in [0.25, 0.3) is 5.91 Å². The normalized spacial score (nSPS) is 12.9. The standard InChI is InChI=1S/C22H20F3N3O4S/c1-13-11-19(29)20(27-28(13)17-6-4-5-16(12-17)22(23,24)25)21(30)26-14(2)15-7-9-18(10-8-15)33(3,31)32/h4-12,14H,1-3H3,(H,26,30). The zero-order valence-corrected chi connectivity index (χ0v) is 18.7. The number of halogens is 3. The first kappa shape index (κ1) is 24.2. The van der Waals surface area contributed by atoms with Crippen LogP contribution in [0.1, 0.15) is 40.3 Å². The Bertz CT molecular complexity index is 1360. The van der Waals surface area contributed by atoms with Crippen molar-refractivity contribution in [2.24, 2.45) is 0 Å². The molecular formula is C22H20F3N3O4S. The molecule has 1 unspecified atom stereocenters. The van der Waals surface area contributed by atoms with Crippen molar-refractivity contribution in [1.82, 2.24) is 15.1 Å². The summed E-state index contributed by atoms with van der Waals surface area (Å²) in [5.74, 6) is -0.819. The number of sulfone groups is 1. The Labute approximate surface area is 187 Å². The number of alkyl halides is 3. The van der Waals surface area contributed by atoms with Crippen LogP contribution in [0.15, 0.2) is 64.3 Å². The Kier molecular flexibility index (Phi) is 6.46. The average molecular weight is 479 g/mol. The lowest BCUT2D eigenvalue weighted by Gasteiger charge is -2.16. The minimum absolute atomic E-state index is 0.0424. The van der Waals surface area contributed by atoms with Gasteiger partial charge >= 0.3 is 6.18 Å². The zero-order chi connectivity index (χ0) is 24.6. The van der Waals surface area contributed by atoms with Crippen LogP contribution in [0, 0.1) is 6.92 Å². The molecule has 0 fully saturated rings. The predicted molar refractivity (Wildman–Crippen MR) is 115 cm³/mol. The van der Waals surface area contributed by atoms with Gasteiger partial charge in [-0.05, 0) is 49.7 Å². The Morgan fingerprint density at radius 2 is 1.73 bits per heavy atom. The number of aromatic nitrogens is 2. The van der Waals surface area contributed by atoms with Crippen molar-refractivity contribution in [3.05, 3.63) is 87.3 Å². The van der Waals surface area contributed by atoms with E-state index in [0.717, 1.165) is 29.1 Å². The van der Waals surface area contributed by atoms with Crippen LogP contribution in [0.3, 0.4) is 0 Å². The maximum absolute atomic E-state index is 13.1. The summed E-state index contributed by atoms with van der Waals surface area (Å²) in [7, 11) is -3.38.